The molecule has 0 saturated heterocycles. The zero-order valence-corrected chi connectivity index (χ0v) is 12.4. The second kappa shape index (κ2) is 5.80. The number of para-hydroxylation sites is 1. The van der Waals surface area contributed by atoms with Crippen molar-refractivity contribution in [3.05, 3.63) is 69.8 Å². The predicted molar refractivity (Wildman–Crippen MR) is 83.9 cm³/mol. The number of carbonyl (C=O) groups excluding carboxylic acids is 1. The molecular weight excluding hydrogens is 309 g/mol. The van der Waals surface area contributed by atoms with Gasteiger partial charge in [0.2, 0.25) is 0 Å². The van der Waals surface area contributed by atoms with Crippen molar-refractivity contribution in [1.29, 1.82) is 0 Å². The number of rotatable bonds is 3. The van der Waals surface area contributed by atoms with Gasteiger partial charge in [0.15, 0.2) is 0 Å². The fourth-order valence-corrected chi connectivity index (χ4v) is 2.56. The summed E-state index contributed by atoms with van der Waals surface area (Å²) in [5, 5.41) is 1.87. The highest BCUT2D eigenvalue weighted by molar-refractivity contribution is 6.35. The molecule has 3 rings (SSSR count). The van der Waals surface area contributed by atoms with Crippen molar-refractivity contribution in [3.63, 3.8) is 0 Å². The zero-order chi connectivity index (χ0) is 14.8. The third kappa shape index (κ3) is 2.89. The lowest BCUT2D eigenvalue weighted by atomic mass is 10.2. The van der Waals surface area contributed by atoms with Gasteiger partial charge in [0.1, 0.15) is 6.61 Å². The topological polar surface area (TPSA) is 42.1 Å². The van der Waals surface area contributed by atoms with E-state index >= 15 is 0 Å². The van der Waals surface area contributed by atoms with E-state index in [2.05, 4.69) is 4.98 Å². The van der Waals surface area contributed by atoms with E-state index in [0.29, 0.717) is 21.2 Å². The molecule has 3 aromatic rings. The summed E-state index contributed by atoms with van der Waals surface area (Å²) >= 11 is 11.9. The Morgan fingerprint density at radius 2 is 1.95 bits per heavy atom. The van der Waals surface area contributed by atoms with Gasteiger partial charge in [-0.1, -0.05) is 47.5 Å². The minimum atomic E-state index is -0.390. The van der Waals surface area contributed by atoms with Crippen molar-refractivity contribution < 1.29 is 9.53 Å². The van der Waals surface area contributed by atoms with Crippen molar-refractivity contribution in [1.82, 2.24) is 4.98 Å². The van der Waals surface area contributed by atoms with Crippen molar-refractivity contribution in [2.24, 2.45) is 0 Å². The van der Waals surface area contributed by atoms with E-state index in [0.717, 1.165) is 10.9 Å². The van der Waals surface area contributed by atoms with Crippen LogP contribution in [0.4, 0.5) is 0 Å². The van der Waals surface area contributed by atoms with Crippen LogP contribution in [0.15, 0.2) is 48.7 Å². The lowest BCUT2D eigenvalue weighted by molar-refractivity contribution is 0.0475. The third-order valence-corrected chi connectivity index (χ3v) is 3.77. The fraction of sp³-hybridized carbons (Fsp3) is 0.0625. The Labute approximate surface area is 131 Å². The number of aromatic nitrogens is 1. The van der Waals surface area contributed by atoms with Crippen LogP contribution in [0.2, 0.25) is 10.0 Å². The van der Waals surface area contributed by atoms with Gasteiger partial charge < -0.3 is 9.72 Å². The van der Waals surface area contributed by atoms with Crippen molar-refractivity contribution in [3.8, 4) is 0 Å². The van der Waals surface area contributed by atoms with Gasteiger partial charge in [0.25, 0.3) is 0 Å². The third-order valence-electron chi connectivity index (χ3n) is 3.18. The second-order valence-electron chi connectivity index (χ2n) is 4.56. The van der Waals surface area contributed by atoms with E-state index in [-0.39, 0.29) is 6.61 Å². The highest BCUT2D eigenvalue weighted by Gasteiger charge is 2.13. The van der Waals surface area contributed by atoms with Gasteiger partial charge >= 0.3 is 5.97 Å². The van der Waals surface area contributed by atoms with Gasteiger partial charge in [-0.2, -0.15) is 0 Å². The Balaban J connectivity index is 1.77. The molecule has 0 bridgehead atoms. The van der Waals surface area contributed by atoms with Crippen LogP contribution in [0, 0.1) is 0 Å². The summed E-state index contributed by atoms with van der Waals surface area (Å²) in [6.07, 6.45) is 1.65. The molecule has 106 valence electrons. The minimum absolute atomic E-state index is 0.105. The number of benzene rings is 2. The summed E-state index contributed by atoms with van der Waals surface area (Å²) in [5.41, 5.74) is 2.12. The Hall–Kier alpha value is -1.97. The number of fused-ring (bicyclic) bond motifs is 1. The van der Waals surface area contributed by atoms with Crippen molar-refractivity contribution >= 4 is 40.1 Å². The largest absolute Gasteiger partial charge is 0.457 e. The molecule has 0 aliphatic heterocycles. The number of halogens is 2. The first-order chi connectivity index (χ1) is 10.1. The van der Waals surface area contributed by atoms with Gasteiger partial charge in [-0.15, -0.1) is 0 Å². The van der Waals surface area contributed by atoms with E-state index in [1.807, 2.05) is 24.3 Å². The molecule has 0 aliphatic carbocycles. The monoisotopic (exact) mass is 319 g/mol. The van der Waals surface area contributed by atoms with Gasteiger partial charge in [-0.3, -0.25) is 0 Å². The maximum Gasteiger partial charge on any atom is 0.340 e. The number of nitrogens with one attached hydrogen (secondary N) is 1. The van der Waals surface area contributed by atoms with E-state index in [9.17, 15) is 4.79 Å². The summed E-state index contributed by atoms with van der Waals surface area (Å²) in [6.45, 7) is 0.105. The van der Waals surface area contributed by atoms with E-state index in [4.69, 9.17) is 27.9 Å². The van der Waals surface area contributed by atoms with Crippen molar-refractivity contribution in [2.45, 2.75) is 6.61 Å². The first-order valence-corrected chi connectivity index (χ1v) is 7.08. The van der Waals surface area contributed by atoms with Crippen LogP contribution in [0.3, 0.4) is 0 Å². The number of carbonyl (C=O) groups is 1. The zero-order valence-electron chi connectivity index (χ0n) is 10.9. The molecule has 0 aliphatic rings. The highest BCUT2D eigenvalue weighted by Crippen LogP contribution is 2.23. The molecular formula is C16H11Cl2NO2. The second-order valence-corrected chi connectivity index (χ2v) is 5.40. The molecule has 1 N–H and O–H groups in total. The first-order valence-electron chi connectivity index (χ1n) is 6.32. The molecule has 3 nitrogen and oxygen atoms in total. The van der Waals surface area contributed by atoms with E-state index in [1.165, 1.54) is 0 Å². The normalized spacial score (nSPS) is 10.8. The van der Waals surface area contributed by atoms with E-state index in [1.54, 1.807) is 24.4 Å². The average molecular weight is 320 g/mol. The van der Waals surface area contributed by atoms with Crippen LogP contribution in [-0.4, -0.2) is 11.0 Å². The molecule has 2 aromatic carbocycles. The molecule has 5 heteroatoms. The number of H-pyrrole nitrogens is 1. The van der Waals surface area contributed by atoms with Crippen molar-refractivity contribution in [2.75, 3.05) is 0 Å². The SMILES string of the molecule is O=C(OCc1ccc(Cl)cc1Cl)c1c[nH]c2ccccc12. The Morgan fingerprint density at radius 1 is 1.14 bits per heavy atom. The predicted octanol–water partition coefficient (Wildman–Crippen LogP) is 4.83. The number of hydrogen-bond acceptors (Lipinski definition) is 2. The average Bonchev–Trinajstić information content (AvgIpc) is 2.90. The number of ether oxygens (including phenoxy) is 1. The molecule has 1 heterocycles. The van der Waals surface area contributed by atoms with Gasteiger partial charge in [-0.05, 0) is 18.2 Å². The summed E-state index contributed by atoms with van der Waals surface area (Å²) < 4.78 is 5.31. The number of aromatic amines is 1. The molecule has 0 amide bonds. The molecule has 0 radical (unpaired) electrons. The van der Waals surface area contributed by atoms with Gasteiger partial charge in [0.05, 0.1) is 5.56 Å². The fourth-order valence-electron chi connectivity index (χ4n) is 2.10. The summed E-state index contributed by atoms with van der Waals surface area (Å²) in [4.78, 5) is 15.2. The van der Waals surface area contributed by atoms with Crippen LogP contribution in [0.5, 0.6) is 0 Å². The van der Waals surface area contributed by atoms with Crippen LogP contribution >= 0.6 is 23.2 Å². The maximum atomic E-state index is 12.2. The lowest BCUT2D eigenvalue weighted by Gasteiger charge is -2.06. The molecule has 0 spiro atoms. The van der Waals surface area contributed by atoms with Gasteiger partial charge in [-0.25, -0.2) is 4.79 Å². The summed E-state index contributed by atoms with van der Waals surface area (Å²) in [6, 6.07) is 12.6. The van der Waals surface area contributed by atoms with E-state index < -0.39 is 5.97 Å². The summed E-state index contributed by atoms with van der Waals surface area (Å²) in [7, 11) is 0. The number of hydrogen-bond donors (Lipinski definition) is 1. The van der Waals surface area contributed by atoms with Crippen LogP contribution in [-0.2, 0) is 11.3 Å². The Kier molecular flexibility index (Phi) is 3.86. The van der Waals surface area contributed by atoms with Crippen LogP contribution in [0.25, 0.3) is 10.9 Å². The van der Waals surface area contributed by atoms with Crippen LogP contribution in [0.1, 0.15) is 15.9 Å². The minimum Gasteiger partial charge on any atom is -0.457 e. The Bertz CT molecular complexity index is 811. The molecule has 21 heavy (non-hydrogen) atoms. The Morgan fingerprint density at radius 3 is 2.76 bits per heavy atom. The number of esters is 1. The molecule has 0 fully saturated rings. The van der Waals surface area contributed by atoms with Gasteiger partial charge in [0, 0.05) is 32.7 Å². The smallest absolute Gasteiger partial charge is 0.340 e. The maximum absolute atomic E-state index is 12.2. The molecule has 0 atom stereocenters. The quantitative estimate of drug-likeness (QED) is 0.702. The van der Waals surface area contributed by atoms with Crippen LogP contribution < -0.4 is 0 Å². The first kappa shape index (κ1) is 14.0. The molecule has 0 saturated carbocycles. The standard InChI is InChI=1S/C16H11Cl2NO2/c17-11-6-5-10(14(18)7-11)9-21-16(20)13-8-19-15-4-2-1-3-12(13)15/h1-8,19H,9H2. The molecule has 0 unspecified atom stereocenters. The summed E-state index contributed by atoms with van der Waals surface area (Å²) in [5.74, 6) is -0.390. The molecule has 1 aromatic heterocycles. The highest BCUT2D eigenvalue weighted by atomic mass is 35.5. The lowest BCUT2D eigenvalue weighted by Crippen LogP contribution is -2.04.